The summed E-state index contributed by atoms with van der Waals surface area (Å²) < 4.78 is 18.0. The fourth-order valence-corrected chi connectivity index (χ4v) is 1.82. The molecule has 0 saturated heterocycles. The van der Waals surface area contributed by atoms with Gasteiger partial charge in [-0.15, -0.1) is 0 Å². The Bertz CT molecular complexity index is 596. The molecule has 0 amide bonds. The zero-order valence-electron chi connectivity index (χ0n) is 12.2. The topological polar surface area (TPSA) is 62.5 Å². The molecular weight excluding hydrogens is 271 g/mol. The van der Waals surface area contributed by atoms with Gasteiger partial charge in [0.05, 0.1) is 13.1 Å². The van der Waals surface area contributed by atoms with Crippen LogP contribution in [0, 0.1) is 12.7 Å². The van der Waals surface area contributed by atoms with Gasteiger partial charge in [-0.3, -0.25) is 0 Å². The number of nitrogens with zero attached hydrogens (tertiary/aromatic N) is 2. The molecule has 0 saturated carbocycles. The Labute approximate surface area is 123 Å². The Morgan fingerprint density at radius 2 is 2.19 bits per heavy atom. The van der Waals surface area contributed by atoms with Gasteiger partial charge in [-0.1, -0.05) is 17.3 Å². The summed E-state index contributed by atoms with van der Waals surface area (Å²) in [5, 5.41) is 10.1. The molecular formula is C15H19FN4O. The summed E-state index contributed by atoms with van der Waals surface area (Å²) in [5.41, 5.74) is 2.40. The van der Waals surface area contributed by atoms with E-state index in [1.54, 1.807) is 25.1 Å². The molecule has 0 unspecified atom stereocenters. The Balaban J connectivity index is 1.97. The molecule has 112 valence electrons. The van der Waals surface area contributed by atoms with Crippen LogP contribution in [0.15, 0.2) is 40.0 Å². The lowest BCUT2D eigenvalue weighted by Gasteiger charge is -2.10. The summed E-state index contributed by atoms with van der Waals surface area (Å²) in [7, 11) is 0. The van der Waals surface area contributed by atoms with Gasteiger partial charge in [-0.05, 0) is 31.0 Å². The van der Waals surface area contributed by atoms with E-state index in [1.165, 1.54) is 12.3 Å². The first-order valence-corrected chi connectivity index (χ1v) is 6.85. The Morgan fingerprint density at radius 3 is 2.86 bits per heavy atom. The summed E-state index contributed by atoms with van der Waals surface area (Å²) in [6, 6.07) is 6.81. The van der Waals surface area contributed by atoms with Crippen LogP contribution in [-0.2, 0) is 13.1 Å². The third-order valence-corrected chi connectivity index (χ3v) is 2.91. The highest BCUT2D eigenvalue weighted by Crippen LogP contribution is 2.10. The predicted octanol–water partition coefficient (Wildman–Crippen LogP) is 2.38. The molecule has 21 heavy (non-hydrogen) atoms. The smallest absolute Gasteiger partial charge is 0.191 e. The SMILES string of the molecule is CCNC(=NCc1ccc(F)c(C)c1)NCc1ccon1. The fraction of sp³-hybridized carbons (Fsp3) is 0.333. The zero-order chi connectivity index (χ0) is 15.1. The molecule has 0 aliphatic rings. The van der Waals surface area contributed by atoms with Crippen molar-refractivity contribution in [1.29, 1.82) is 0 Å². The number of aromatic nitrogens is 1. The summed E-state index contributed by atoms with van der Waals surface area (Å²) >= 11 is 0. The zero-order valence-corrected chi connectivity index (χ0v) is 12.2. The monoisotopic (exact) mass is 290 g/mol. The predicted molar refractivity (Wildman–Crippen MR) is 79.3 cm³/mol. The summed E-state index contributed by atoms with van der Waals surface area (Å²) in [6.45, 7) is 5.51. The number of rotatable bonds is 5. The molecule has 2 rings (SSSR count). The lowest BCUT2D eigenvalue weighted by Crippen LogP contribution is -2.36. The van der Waals surface area contributed by atoms with E-state index < -0.39 is 0 Å². The lowest BCUT2D eigenvalue weighted by molar-refractivity contribution is 0.410. The average Bonchev–Trinajstić information content (AvgIpc) is 2.99. The van der Waals surface area contributed by atoms with Gasteiger partial charge in [0.25, 0.3) is 0 Å². The van der Waals surface area contributed by atoms with Crippen LogP contribution in [-0.4, -0.2) is 17.7 Å². The number of hydrogen-bond donors (Lipinski definition) is 2. The van der Waals surface area contributed by atoms with E-state index in [1.807, 2.05) is 6.92 Å². The molecule has 1 heterocycles. The molecule has 0 radical (unpaired) electrons. The molecule has 2 N–H and O–H groups in total. The van der Waals surface area contributed by atoms with Crippen molar-refractivity contribution in [2.75, 3.05) is 6.54 Å². The van der Waals surface area contributed by atoms with E-state index in [-0.39, 0.29) is 5.82 Å². The molecule has 0 aliphatic carbocycles. The van der Waals surface area contributed by atoms with E-state index in [0.717, 1.165) is 17.8 Å². The lowest BCUT2D eigenvalue weighted by atomic mass is 10.1. The molecule has 5 nitrogen and oxygen atoms in total. The van der Waals surface area contributed by atoms with Crippen LogP contribution in [0.1, 0.15) is 23.7 Å². The Kier molecular flexibility index (Phi) is 5.31. The number of hydrogen-bond acceptors (Lipinski definition) is 3. The minimum atomic E-state index is -0.196. The number of aryl methyl sites for hydroxylation is 1. The van der Waals surface area contributed by atoms with Gasteiger partial charge < -0.3 is 15.2 Å². The average molecular weight is 290 g/mol. The van der Waals surface area contributed by atoms with Gasteiger partial charge in [-0.25, -0.2) is 9.38 Å². The second-order valence-electron chi connectivity index (χ2n) is 4.62. The van der Waals surface area contributed by atoms with Crippen LogP contribution < -0.4 is 10.6 Å². The van der Waals surface area contributed by atoms with Crippen LogP contribution in [0.25, 0.3) is 0 Å². The molecule has 0 spiro atoms. The third kappa shape index (κ3) is 4.59. The van der Waals surface area contributed by atoms with Crippen LogP contribution in [0.4, 0.5) is 4.39 Å². The van der Waals surface area contributed by atoms with Crippen LogP contribution in [0.5, 0.6) is 0 Å². The molecule has 1 aromatic heterocycles. The van der Waals surface area contributed by atoms with Crippen molar-refractivity contribution in [3.05, 3.63) is 53.2 Å². The fourth-order valence-electron chi connectivity index (χ4n) is 1.82. The second kappa shape index (κ2) is 7.42. The maximum absolute atomic E-state index is 13.2. The van der Waals surface area contributed by atoms with Crippen molar-refractivity contribution in [3.8, 4) is 0 Å². The van der Waals surface area contributed by atoms with Gasteiger partial charge in [-0.2, -0.15) is 0 Å². The molecule has 0 fully saturated rings. The first-order valence-electron chi connectivity index (χ1n) is 6.85. The summed E-state index contributed by atoms with van der Waals surface area (Å²) in [5.74, 6) is 0.487. The molecule has 0 bridgehead atoms. The quantitative estimate of drug-likeness (QED) is 0.655. The second-order valence-corrected chi connectivity index (χ2v) is 4.62. The molecule has 0 aliphatic heterocycles. The summed E-state index contributed by atoms with van der Waals surface area (Å²) in [6.07, 6.45) is 1.53. The van der Waals surface area contributed by atoms with E-state index in [9.17, 15) is 4.39 Å². The third-order valence-electron chi connectivity index (χ3n) is 2.91. The Morgan fingerprint density at radius 1 is 1.33 bits per heavy atom. The highest BCUT2D eigenvalue weighted by atomic mass is 19.1. The van der Waals surface area contributed by atoms with Crippen molar-refractivity contribution >= 4 is 5.96 Å². The minimum Gasteiger partial charge on any atom is -0.364 e. The normalized spacial score (nSPS) is 11.5. The van der Waals surface area contributed by atoms with Gasteiger partial charge in [0.2, 0.25) is 0 Å². The van der Waals surface area contributed by atoms with Crippen molar-refractivity contribution in [3.63, 3.8) is 0 Å². The Hall–Kier alpha value is -2.37. The molecule has 1 aromatic carbocycles. The highest BCUT2D eigenvalue weighted by Gasteiger charge is 2.02. The molecule has 2 aromatic rings. The largest absolute Gasteiger partial charge is 0.364 e. The van der Waals surface area contributed by atoms with Crippen molar-refractivity contribution in [1.82, 2.24) is 15.8 Å². The van der Waals surface area contributed by atoms with Crippen molar-refractivity contribution in [2.24, 2.45) is 4.99 Å². The van der Waals surface area contributed by atoms with Gasteiger partial charge in [0, 0.05) is 12.6 Å². The molecule has 0 atom stereocenters. The standard InChI is InChI=1S/C15H19FN4O/c1-3-17-15(19-10-13-6-7-21-20-13)18-9-12-4-5-14(16)11(2)8-12/h4-8H,3,9-10H2,1-2H3,(H2,17,18,19). The van der Waals surface area contributed by atoms with Gasteiger partial charge in [0.1, 0.15) is 17.8 Å². The van der Waals surface area contributed by atoms with Crippen LogP contribution in [0.3, 0.4) is 0 Å². The maximum atomic E-state index is 13.2. The van der Waals surface area contributed by atoms with E-state index in [4.69, 9.17) is 4.52 Å². The number of halogens is 1. The number of aliphatic imine (C=N–C) groups is 1. The van der Waals surface area contributed by atoms with Crippen molar-refractivity contribution < 1.29 is 8.91 Å². The highest BCUT2D eigenvalue weighted by molar-refractivity contribution is 5.79. The maximum Gasteiger partial charge on any atom is 0.191 e. The van der Waals surface area contributed by atoms with Crippen LogP contribution in [0.2, 0.25) is 0 Å². The first kappa shape index (κ1) is 15.0. The van der Waals surface area contributed by atoms with Gasteiger partial charge >= 0.3 is 0 Å². The first-order chi connectivity index (χ1) is 10.2. The van der Waals surface area contributed by atoms with E-state index in [2.05, 4.69) is 20.8 Å². The number of guanidine groups is 1. The molecule has 6 heteroatoms. The summed E-state index contributed by atoms with van der Waals surface area (Å²) in [4.78, 5) is 4.47. The van der Waals surface area contributed by atoms with Crippen molar-refractivity contribution in [2.45, 2.75) is 26.9 Å². The number of nitrogens with one attached hydrogen (secondary N) is 2. The minimum absolute atomic E-state index is 0.196. The van der Waals surface area contributed by atoms with Gasteiger partial charge in [0.15, 0.2) is 5.96 Å². The number of benzene rings is 1. The van der Waals surface area contributed by atoms with Crippen LogP contribution >= 0.6 is 0 Å². The van der Waals surface area contributed by atoms with E-state index >= 15 is 0 Å². The van der Waals surface area contributed by atoms with E-state index in [0.29, 0.717) is 24.6 Å².